The van der Waals surface area contributed by atoms with E-state index in [0.717, 1.165) is 16.6 Å². The van der Waals surface area contributed by atoms with Crippen molar-refractivity contribution in [1.82, 2.24) is 14.8 Å². The van der Waals surface area contributed by atoms with Crippen LogP contribution in [0.15, 0.2) is 73.1 Å². The third-order valence-corrected chi connectivity index (χ3v) is 4.24. The molecule has 1 amide bonds. The Morgan fingerprint density at radius 1 is 1.07 bits per heavy atom. The summed E-state index contributed by atoms with van der Waals surface area (Å²) in [6.07, 6.45) is 3.30. The summed E-state index contributed by atoms with van der Waals surface area (Å²) >= 11 is 0. The fraction of sp³-hybridized carbons (Fsp3) is 0.0952. The van der Waals surface area contributed by atoms with Crippen molar-refractivity contribution in [1.29, 1.82) is 0 Å². The molecule has 27 heavy (non-hydrogen) atoms. The molecule has 2 heterocycles. The van der Waals surface area contributed by atoms with Crippen molar-refractivity contribution in [2.24, 2.45) is 0 Å². The van der Waals surface area contributed by atoms with E-state index in [1.807, 2.05) is 53.2 Å². The molecule has 0 unspecified atom stereocenters. The van der Waals surface area contributed by atoms with Gasteiger partial charge in [-0.15, -0.1) is 0 Å². The minimum absolute atomic E-state index is 0.228. The second-order valence-electron chi connectivity index (χ2n) is 6.11. The number of aromatic nitrogens is 3. The average molecular weight is 358 g/mol. The van der Waals surface area contributed by atoms with Gasteiger partial charge in [0, 0.05) is 23.3 Å². The monoisotopic (exact) mass is 358 g/mol. The summed E-state index contributed by atoms with van der Waals surface area (Å²) in [6, 6.07) is 19.1. The van der Waals surface area contributed by atoms with E-state index < -0.39 is 0 Å². The van der Waals surface area contributed by atoms with Gasteiger partial charge in [-0.05, 0) is 23.8 Å². The van der Waals surface area contributed by atoms with Crippen LogP contribution < -0.4 is 10.1 Å². The number of ether oxygens (including phenoxy) is 1. The maximum Gasteiger partial charge on any atom is 0.257 e. The fourth-order valence-corrected chi connectivity index (χ4v) is 2.87. The molecule has 0 aliphatic rings. The fourth-order valence-electron chi connectivity index (χ4n) is 2.87. The molecule has 6 nitrogen and oxygen atoms in total. The quantitative estimate of drug-likeness (QED) is 0.590. The van der Waals surface area contributed by atoms with Crippen LogP contribution >= 0.6 is 0 Å². The molecule has 6 heteroatoms. The van der Waals surface area contributed by atoms with Crippen LogP contribution in [0.2, 0.25) is 0 Å². The highest BCUT2D eigenvalue weighted by molar-refractivity contribution is 6.05. The van der Waals surface area contributed by atoms with Crippen molar-refractivity contribution in [2.45, 2.75) is 6.54 Å². The first kappa shape index (κ1) is 16.8. The Labute approximate surface area is 156 Å². The molecular formula is C21H18N4O2. The van der Waals surface area contributed by atoms with Gasteiger partial charge in [0.25, 0.3) is 5.91 Å². The summed E-state index contributed by atoms with van der Waals surface area (Å²) in [4.78, 5) is 17.0. The molecule has 0 saturated carbocycles. The molecule has 0 aliphatic heterocycles. The number of nitrogens with zero attached hydrogens (tertiary/aromatic N) is 3. The minimum Gasteiger partial charge on any atom is -0.497 e. The Morgan fingerprint density at radius 2 is 1.93 bits per heavy atom. The highest BCUT2D eigenvalue weighted by Crippen LogP contribution is 2.19. The van der Waals surface area contributed by atoms with Gasteiger partial charge in [0.1, 0.15) is 5.75 Å². The smallest absolute Gasteiger partial charge is 0.257 e. The van der Waals surface area contributed by atoms with Crippen molar-refractivity contribution in [3.8, 4) is 5.75 Å². The topological polar surface area (TPSA) is 69.0 Å². The summed E-state index contributed by atoms with van der Waals surface area (Å²) in [5.41, 5.74) is 3.03. The van der Waals surface area contributed by atoms with Gasteiger partial charge in [-0.25, -0.2) is 9.67 Å². The van der Waals surface area contributed by atoms with Gasteiger partial charge in [0.05, 0.1) is 25.4 Å². The Hall–Kier alpha value is -3.67. The second-order valence-corrected chi connectivity index (χ2v) is 6.11. The largest absolute Gasteiger partial charge is 0.497 e. The summed E-state index contributed by atoms with van der Waals surface area (Å²) < 4.78 is 7.00. The lowest BCUT2D eigenvalue weighted by atomic mass is 10.2. The summed E-state index contributed by atoms with van der Waals surface area (Å²) in [5, 5.41) is 8.09. The number of carbonyl (C=O) groups excluding carboxylic acids is 1. The van der Waals surface area contributed by atoms with Crippen LogP contribution in [-0.2, 0) is 6.54 Å². The van der Waals surface area contributed by atoms with Crippen LogP contribution in [0, 0.1) is 0 Å². The maximum atomic E-state index is 12.5. The lowest BCUT2D eigenvalue weighted by molar-refractivity contribution is 0.102. The predicted octanol–water partition coefficient (Wildman–Crippen LogP) is 3.74. The normalized spacial score (nSPS) is 10.7. The summed E-state index contributed by atoms with van der Waals surface area (Å²) in [7, 11) is 1.59. The number of benzene rings is 2. The highest BCUT2D eigenvalue weighted by atomic mass is 16.5. The highest BCUT2D eigenvalue weighted by Gasteiger charge is 2.11. The van der Waals surface area contributed by atoms with Crippen LogP contribution in [-0.4, -0.2) is 27.8 Å². The minimum atomic E-state index is -0.228. The van der Waals surface area contributed by atoms with E-state index in [0.29, 0.717) is 23.5 Å². The average Bonchev–Trinajstić information content (AvgIpc) is 3.11. The standard InChI is InChI=1S/C21H18N4O2/c1-27-19-9-5-8-18(11-19)24-21(26)17-10-16-13-23-25(20(16)22-12-17)14-15-6-3-2-4-7-15/h2-13H,14H2,1H3,(H,24,26). The van der Waals surface area contributed by atoms with E-state index in [-0.39, 0.29) is 5.91 Å². The van der Waals surface area contributed by atoms with E-state index in [9.17, 15) is 4.79 Å². The lowest BCUT2D eigenvalue weighted by Crippen LogP contribution is -2.12. The van der Waals surface area contributed by atoms with Crippen molar-refractivity contribution in [3.63, 3.8) is 0 Å². The van der Waals surface area contributed by atoms with Gasteiger partial charge in [0.15, 0.2) is 5.65 Å². The molecule has 134 valence electrons. The van der Waals surface area contributed by atoms with Crippen molar-refractivity contribution in [3.05, 3.63) is 84.2 Å². The summed E-state index contributed by atoms with van der Waals surface area (Å²) in [5.74, 6) is 0.456. The number of rotatable bonds is 5. The third-order valence-electron chi connectivity index (χ3n) is 4.24. The Kier molecular flexibility index (Phi) is 4.53. The van der Waals surface area contributed by atoms with Gasteiger partial charge >= 0.3 is 0 Å². The zero-order valence-corrected chi connectivity index (χ0v) is 14.8. The number of fused-ring (bicyclic) bond motifs is 1. The summed E-state index contributed by atoms with van der Waals surface area (Å²) in [6.45, 7) is 0.632. The first-order valence-electron chi connectivity index (χ1n) is 8.54. The molecule has 1 N–H and O–H groups in total. The molecule has 4 rings (SSSR count). The Morgan fingerprint density at radius 3 is 2.74 bits per heavy atom. The molecule has 2 aromatic heterocycles. The van der Waals surface area contributed by atoms with E-state index in [1.165, 1.54) is 0 Å². The number of anilines is 1. The number of nitrogens with one attached hydrogen (secondary N) is 1. The van der Waals surface area contributed by atoms with Crippen molar-refractivity contribution in [2.75, 3.05) is 12.4 Å². The van der Waals surface area contributed by atoms with E-state index in [2.05, 4.69) is 15.4 Å². The third kappa shape index (κ3) is 3.64. The molecule has 0 bridgehead atoms. The zero-order chi connectivity index (χ0) is 18.6. The number of methoxy groups -OCH3 is 1. The van der Waals surface area contributed by atoms with Crippen LogP contribution in [0.25, 0.3) is 11.0 Å². The van der Waals surface area contributed by atoms with Gasteiger partial charge in [-0.2, -0.15) is 5.10 Å². The number of carbonyl (C=O) groups is 1. The van der Waals surface area contributed by atoms with E-state index in [4.69, 9.17) is 4.74 Å². The number of hydrogen-bond acceptors (Lipinski definition) is 4. The number of amides is 1. The molecule has 0 radical (unpaired) electrons. The first-order chi connectivity index (χ1) is 13.2. The molecule has 0 fully saturated rings. The molecule has 0 spiro atoms. The lowest BCUT2D eigenvalue weighted by Gasteiger charge is -2.07. The molecule has 0 aliphatic carbocycles. The van der Waals surface area contributed by atoms with Crippen LogP contribution in [0.5, 0.6) is 5.75 Å². The van der Waals surface area contributed by atoms with Gasteiger partial charge in [0.2, 0.25) is 0 Å². The van der Waals surface area contributed by atoms with Crippen LogP contribution in [0.3, 0.4) is 0 Å². The van der Waals surface area contributed by atoms with Crippen molar-refractivity contribution < 1.29 is 9.53 Å². The predicted molar refractivity (Wildman–Crippen MR) is 104 cm³/mol. The molecule has 0 atom stereocenters. The zero-order valence-electron chi connectivity index (χ0n) is 14.8. The molecule has 0 saturated heterocycles. The van der Waals surface area contributed by atoms with Gasteiger partial charge < -0.3 is 10.1 Å². The Bertz CT molecular complexity index is 1090. The SMILES string of the molecule is COc1cccc(NC(=O)c2cnc3c(cnn3Cc3ccccc3)c2)c1. The van der Waals surface area contributed by atoms with E-state index >= 15 is 0 Å². The van der Waals surface area contributed by atoms with Crippen molar-refractivity contribution >= 4 is 22.6 Å². The van der Waals surface area contributed by atoms with Crippen LogP contribution in [0.1, 0.15) is 15.9 Å². The van der Waals surface area contributed by atoms with Crippen LogP contribution in [0.4, 0.5) is 5.69 Å². The van der Waals surface area contributed by atoms with Gasteiger partial charge in [-0.1, -0.05) is 36.4 Å². The molecule has 2 aromatic carbocycles. The number of hydrogen-bond donors (Lipinski definition) is 1. The maximum absolute atomic E-state index is 12.5. The molecular weight excluding hydrogens is 340 g/mol. The second kappa shape index (κ2) is 7.29. The molecule has 4 aromatic rings. The number of pyridine rings is 1. The van der Waals surface area contributed by atoms with E-state index in [1.54, 1.807) is 31.6 Å². The first-order valence-corrected chi connectivity index (χ1v) is 8.54. The van der Waals surface area contributed by atoms with Gasteiger partial charge in [-0.3, -0.25) is 4.79 Å². The Balaban J connectivity index is 1.55.